The van der Waals surface area contributed by atoms with Gasteiger partial charge in [-0.15, -0.1) is 0 Å². The van der Waals surface area contributed by atoms with Crippen molar-refractivity contribution in [2.24, 2.45) is 11.8 Å². The Morgan fingerprint density at radius 3 is 2.57 bits per heavy atom. The third kappa shape index (κ3) is 2.63. The lowest BCUT2D eigenvalue weighted by Gasteiger charge is -2.15. The molecule has 1 saturated heterocycles. The predicted molar refractivity (Wildman–Crippen MR) is 73.2 cm³/mol. The maximum atomic E-state index is 12.3. The number of nitrogens with zero attached hydrogens (tertiary/aromatic N) is 3. The van der Waals surface area contributed by atoms with Crippen molar-refractivity contribution in [3.05, 3.63) is 18.7 Å². The van der Waals surface area contributed by atoms with Crippen LogP contribution in [0.4, 0.5) is 5.69 Å². The van der Waals surface area contributed by atoms with Crippen LogP contribution in [0.1, 0.15) is 19.8 Å². The number of aromatic nitrogens is 2. The van der Waals surface area contributed by atoms with Gasteiger partial charge in [-0.3, -0.25) is 14.4 Å². The van der Waals surface area contributed by atoms with E-state index in [1.165, 1.54) is 23.6 Å². The van der Waals surface area contributed by atoms with Crippen LogP contribution < -0.4 is 10.2 Å². The zero-order chi connectivity index (χ0) is 15.0. The lowest BCUT2D eigenvalue weighted by Crippen LogP contribution is -2.39. The quantitative estimate of drug-likeness (QED) is 0.783. The molecule has 7 heteroatoms. The summed E-state index contributed by atoms with van der Waals surface area (Å²) in [5.41, 5.74) is 0.548. The van der Waals surface area contributed by atoms with Gasteiger partial charge in [0, 0.05) is 18.5 Å². The zero-order valence-electron chi connectivity index (χ0n) is 11.7. The molecule has 0 spiro atoms. The van der Waals surface area contributed by atoms with Crippen molar-refractivity contribution < 1.29 is 14.4 Å². The second-order valence-corrected chi connectivity index (χ2v) is 5.55. The fraction of sp³-hybridized carbons (Fsp3) is 0.500. The third-order valence-electron chi connectivity index (χ3n) is 3.97. The molecule has 0 radical (unpaired) electrons. The van der Waals surface area contributed by atoms with E-state index in [0.717, 1.165) is 12.8 Å². The molecule has 2 aliphatic rings. The summed E-state index contributed by atoms with van der Waals surface area (Å²) in [5, 5.41) is 2.68. The Bertz CT molecular complexity index is 585. The second kappa shape index (κ2) is 5.23. The largest absolute Gasteiger partial charge is 0.347 e. The van der Waals surface area contributed by atoms with Gasteiger partial charge in [-0.2, -0.15) is 0 Å². The van der Waals surface area contributed by atoms with Gasteiger partial charge in [0.15, 0.2) is 0 Å². The molecule has 7 nitrogen and oxygen atoms in total. The van der Waals surface area contributed by atoms with Crippen molar-refractivity contribution in [2.75, 3.05) is 11.4 Å². The van der Waals surface area contributed by atoms with Gasteiger partial charge in [-0.1, -0.05) is 6.92 Å². The third-order valence-corrected chi connectivity index (χ3v) is 3.97. The van der Waals surface area contributed by atoms with E-state index < -0.39 is 23.5 Å². The molecule has 1 saturated carbocycles. The van der Waals surface area contributed by atoms with Crippen molar-refractivity contribution in [1.82, 2.24) is 15.3 Å². The summed E-state index contributed by atoms with van der Waals surface area (Å²) in [6, 6.07) is 0.132. The highest BCUT2D eigenvalue weighted by Gasteiger charge is 2.44. The highest BCUT2D eigenvalue weighted by molar-refractivity contribution is 6.38. The van der Waals surface area contributed by atoms with Gasteiger partial charge in [0.25, 0.3) is 5.91 Å². The predicted octanol–water partition coefficient (Wildman–Crippen LogP) is -0.0768. The number of nitrogens with one attached hydrogen (secondary N) is 1. The molecule has 21 heavy (non-hydrogen) atoms. The summed E-state index contributed by atoms with van der Waals surface area (Å²) in [6.07, 6.45) is 6.26. The average molecular weight is 288 g/mol. The molecule has 1 aliphatic heterocycles. The van der Waals surface area contributed by atoms with Crippen LogP contribution >= 0.6 is 0 Å². The SMILES string of the molecule is C[C@H]1C(=O)N(c2cncnc2)C[C@@H]1C(=O)C(=O)NC1CC1. The average Bonchev–Trinajstić information content (AvgIpc) is 3.26. The first-order valence-corrected chi connectivity index (χ1v) is 6.99. The van der Waals surface area contributed by atoms with E-state index in [1.54, 1.807) is 6.92 Å². The smallest absolute Gasteiger partial charge is 0.287 e. The Morgan fingerprint density at radius 1 is 1.29 bits per heavy atom. The van der Waals surface area contributed by atoms with Gasteiger partial charge >= 0.3 is 0 Å². The van der Waals surface area contributed by atoms with Crippen molar-refractivity contribution in [3.63, 3.8) is 0 Å². The number of Topliss-reactive ketones (excluding diaryl/α,β-unsaturated/α-hetero) is 1. The Hall–Kier alpha value is -2.31. The van der Waals surface area contributed by atoms with Crippen molar-refractivity contribution in [3.8, 4) is 0 Å². The van der Waals surface area contributed by atoms with Crippen molar-refractivity contribution >= 4 is 23.3 Å². The molecule has 0 unspecified atom stereocenters. The summed E-state index contributed by atoms with van der Waals surface area (Å²) in [7, 11) is 0. The van der Waals surface area contributed by atoms with Crippen molar-refractivity contribution in [1.29, 1.82) is 0 Å². The van der Waals surface area contributed by atoms with E-state index in [4.69, 9.17) is 0 Å². The lowest BCUT2D eigenvalue weighted by atomic mass is 9.93. The maximum Gasteiger partial charge on any atom is 0.287 e. The number of hydrogen-bond donors (Lipinski definition) is 1. The van der Waals surface area contributed by atoms with Crippen LogP contribution in [0.5, 0.6) is 0 Å². The first-order chi connectivity index (χ1) is 10.1. The van der Waals surface area contributed by atoms with Gasteiger partial charge in [0.2, 0.25) is 11.7 Å². The van der Waals surface area contributed by atoms with Crippen LogP contribution in [0.2, 0.25) is 0 Å². The number of anilines is 1. The number of rotatable bonds is 4. The molecule has 2 fully saturated rings. The summed E-state index contributed by atoms with van der Waals surface area (Å²) >= 11 is 0. The zero-order valence-corrected chi connectivity index (χ0v) is 11.7. The highest BCUT2D eigenvalue weighted by Crippen LogP contribution is 2.29. The number of carbonyl (C=O) groups is 3. The van der Waals surface area contributed by atoms with Crippen LogP contribution in [0.15, 0.2) is 18.7 Å². The van der Waals surface area contributed by atoms with E-state index >= 15 is 0 Å². The van der Waals surface area contributed by atoms with Gasteiger partial charge in [-0.05, 0) is 12.8 Å². The first-order valence-electron chi connectivity index (χ1n) is 6.99. The van der Waals surface area contributed by atoms with Crippen LogP contribution in [0, 0.1) is 11.8 Å². The molecule has 2 amide bonds. The molecule has 3 rings (SSSR count). The molecule has 1 aliphatic carbocycles. The topological polar surface area (TPSA) is 92.3 Å². The molecule has 1 N–H and O–H groups in total. The van der Waals surface area contributed by atoms with Gasteiger partial charge in [0.1, 0.15) is 6.33 Å². The molecular formula is C14H16N4O3. The van der Waals surface area contributed by atoms with Gasteiger partial charge in [-0.25, -0.2) is 9.97 Å². The van der Waals surface area contributed by atoms with Crippen LogP contribution in [-0.2, 0) is 14.4 Å². The second-order valence-electron chi connectivity index (χ2n) is 5.55. The van der Waals surface area contributed by atoms with Crippen LogP contribution in [0.25, 0.3) is 0 Å². The minimum absolute atomic E-state index is 0.132. The van der Waals surface area contributed by atoms with Crippen molar-refractivity contribution in [2.45, 2.75) is 25.8 Å². The minimum atomic E-state index is -0.614. The van der Waals surface area contributed by atoms with Crippen LogP contribution in [-0.4, -0.2) is 40.2 Å². The maximum absolute atomic E-state index is 12.3. The van der Waals surface area contributed by atoms with Gasteiger partial charge < -0.3 is 10.2 Å². The number of ketones is 1. The molecule has 1 aromatic rings. The Balaban J connectivity index is 1.73. The Morgan fingerprint density at radius 2 is 1.95 bits per heavy atom. The van der Waals surface area contributed by atoms with E-state index in [0.29, 0.717) is 5.69 Å². The molecule has 2 atom stereocenters. The molecule has 2 heterocycles. The fourth-order valence-corrected chi connectivity index (χ4v) is 2.49. The molecule has 1 aromatic heterocycles. The molecular weight excluding hydrogens is 272 g/mol. The van der Waals surface area contributed by atoms with E-state index in [2.05, 4.69) is 15.3 Å². The molecule has 0 bridgehead atoms. The number of carbonyl (C=O) groups excluding carboxylic acids is 3. The summed E-state index contributed by atoms with van der Waals surface area (Å²) < 4.78 is 0. The van der Waals surface area contributed by atoms with E-state index in [1.807, 2.05) is 0 Å². The lowest BCUT2D eigenvalue weighted by molar-refractivity contribution is -0.141. The fourth-order valence-electron chi connectivity index (χ4n) is 2.49. The summed E-state index contributed by atoms with van der Waals surface area (Å²) in [6.45, 7) is 1.88. The number of amides is 2. The summed E-state index contributed by atoms with van der Waals surface area (Å²) in [4.78, 5) is 45.6. The minimum Gasteiger partial charge on any atom is -0.347 e. The Kier molecular flexibility index (Phi) is 3.40. The van der Waals surface area contributed by atoms with E-state index in [9.17, 15) is 14.4 Å². The molecule has 110 valence electrons. The number of hydrogen-bond acceptors (Lipinski definition) is 5. The van der Waals surface area contributed by atoms with E-state index in [-0.39, 0.29) is 18.5 Å². The Labute approximate surface area is 121 Å². The highest BCUT2D eigenvalue weighted by atomic mass is 16.2. The van der Waals surface area contributed by atoms with Crippen LogP contribution in [0.3, 0.4) is 0 Å². The summed E-state index contributed by atoms with van der Waals surface area (Å²) in [5.74, 6) is -2.39. The van der Waals surface area contributed by atoms with Gasteiger partial charge in [0.05, 0.1) is 24.0 Å². The molecule has 0 aromatic carbocycles. The standard InChI is InChI=1S/C14H16N4O3/c1-8-11(12(19)13(20)17-9-2-3-9)6-18(14(8)21)10-4-15-7-16-5-10/h4-5,7-9,11H,2-3,6H2,1H3,(H,17,20)/t8-,11+/m1/s1. The monoisotopic (exact) mass is 288 g/mol. The first kappa shape index (κ1) is 13.7. The normalized spacial score (nSPS) is 25.0.